The molecule has 0 unspecified atom stereocenters. The third kappa shape index (κ3) is 8.33. The van der Waals surface area contributed by atoms with Crippen molar-refractivity contribution in [2.75, 3.05) is 39.5 Å². The summed E-state index contributed by atoms with van der Waals surface area (Å²) in [6.07, 6.45) is -3.94. The number of benzene rings is 1. The number of hydrogen-bond donors (Lipinski definition) is 1. The van der Waals surface area contributed by atoms with Crippen LogP contribution in [0.2, 0.25) is 0 Å². The predicted molar refractivity (Wildman–Crippen MR) is 125 cm³/mol. The topological polar surface area (TPSA) is 67.9 Å². The highest BCUT2D eigenvalue weighted by atomic mass is 32.2. The number of thiophene rings is 1. The maximum atomic E-state index is 13.0. The monoisotopic (exact) mass is 485 g/mol. The zero-order valence-electron chi connectivity index (χ0n) is 18.1. The summed E-state index contributed by atoms with van der Waals surface area (Å²) >= 11 is 2.98. The van der Waals surface area contributed by atoms with Crippen molar-refractivity contribution in [1.82, 2.24) is 4.90 Å². The number of nitrogens with two attached hydrogens (primary N) is 1. The van der Waals surface area contributed by atoms with Crippen LogP contribution in [0.1, 0.15) is 11.8 Å². The SMILES string of the molecule is CCSc1cccc(-c2ccc(C(/C=C(\N)C(F)(F)F)=NCC(=O)OCCN(C)C)s2)c1. The number of aliphatic imine (C=N–C) groups is 1. The lowest BCUT2D eigenvalue weighted by Crippen LogP contribution is -2.22. The zero-order chi connectivity index (χ0) is 23.7. The van der Waals surface area contributed by atoms with Gasteiger partial charge < -0.3 is 15.4 Å². The molecule has 10 heteroatoms. The number of allylic oxidation sites excluding steroid dienone is 2. The molecule has 32 heavy (non-hydrogen) atoms. The molecule has 1 aromatic heterocycles. The van der Waals surface area contributed by atoms with Crippen LogP contribution in [0, 0.1) is 0 Å². The van der Waals surface area contributed by atoms with Crippen LogP contribution in [0.25, 0.3) is 10.4 Å². The van der Waals surface area contributed by atoms with Crippen LogP contribution >= 0.6 is 23.1 Å². The van der Waals surface area contributed by atoms with E-state index in [4.69, 9.17) is 10.5 Å². The first-order valence-electron chi connectivity index (χ1n) is 9.82. The lowest BCUT2D eigenvalue weighted by Gasteiger charge is -2.09. The minimum Gasteiger partial charge on any atom is -0.463 e. The average Bonchev–Trinajstić information content (AvgIpc) is 3.20. The van der Waals surface area contributed by atoms with E-state index >= 15 is 0 Å². The first-order valence-corrected chi connectivity index (χ1v) is 11.6. The van der Waals surface area contributed by atoms with Crippen LogP contribution in [0.4, 0.5) is 13.2 Å². The number of likely N-dealkylation sites (N-methyl/N-ethyl adjacent to an activating group) is 1. The number of nitrogens with zero attached hydrogens (tertiary/aromatic N) is 2. The van der Waals surface area contributed by atoms with Gasteiger partial charge in [0, 0.05) is 16.3 Å². The molecular formula is C22H26F3N3O2S2. The third-order valence-corrected chi connectivity index (χ3v) is 6.12. The fraction of sp³-hybridized carbons (Fsp3) is 0.364. The fourth-order valence-electron chi connectivity index (χ4n) is 2.50. The average molecular weight is 486 g/mol. The van der Waals surface area contributed by atoms with Gasteiger partial charge in [0.25, 0.3) is 0 Å². The van der Waals surface area contributed by atoms with Gasteiger partial charge >= 0.3 is 12.1 Å². The number of rotatable bonds is 10. The number of esters is 1. The molecule has 1 heterocycles. The van der Waals surface area contributed by atoms with Gasteiger partial charge in [0.2, 0.25) is 0 Å². The van der Waals surface area contributed by atoms with E-state index in [1.54, 1.807) is 17.8 Å². The molecule has 0 saturated heterocycles. The Kier molecular flexibility index (Phi) is 9.80. The van der Waals surface area contributed by atoms with Crippen molar-refractivity contribution in [2.24, 2.45) is 10.7 Å². The van der Waals surface area contributed by atoms with Crippen molar-refractivity contribution in [3.63, 3.8) is 0 Å². The predicted octanol–water partition coefficient (Wildman–Crippen LogP) is 4.83. The van der Waals surface area contributed by atoms with Crippen LogP contribution in [-0.4, -0.2) is 62.3 Å². The molecule has 0 aliphatic carbocycles. The number of carbonyl (C=O) groups excluding carboxylic acids is 1. The van der Waals surface area contributed by atoms with Gasteiger partial charge in [-0.3, -0.25) is 9.79 Å². The van der Waals surface area contributed by atoms with Crippen LogP contribution in [-0.2, 0) is 9.53 Å². The van der Waals surface area contributed by atoms with E-state index in [-0.39, 0.29) is 12.3 Å². The number of ether oxygens (including phenoxy) is 1. The Morgan fingerprint density at radius 3 is 2.69 bits per heavy atom. The maximum Gasteiger partial charge on any atom is 0.430 e. The zero-order valence-corrected chi connectivity index (χ0v) is 19.7. The van der Waals surface area contributed by atoms with Gasteiger partial charge in [-0.1, -0.05) is 19.1 Å². The van der Waals surface area contributed by atoms with Gasteiger partial charge in [0.15, 0.2) is 0 Å². The minimum atomic E-state index is -4.70. The second kappa shape index (κ2) is 12.1. The highest BCUT2D eigenvalue weighted by Gasteiger charge is 2.32. The smallest absolute Gasteiger partial charge is 0.430 e. The summed E-state index contributed by atoms with van der Waals surface area (Å²) in [7, 11) is 3.67. The fourth-order valence-corrected chi connectivity index (χ4v) is 4.20. The molecule has 5 nitrogen and oxygen atoms in total. The number of thioether (sulfide) groups is 1. The summed E-state index contributed by atoms with van der Waals surface area (Å²) < 4.78 is 44.1. The maximum absolute atomic E-state index is 13.0. The second-order valence-corrected chi connectivity index (χ2v) is 9.37. The Labute approximate surface area is 194 Å². The molecule has 2 N–H and O–H groups in total. The normalized spacial score (nSPS) is 13.0. The van der Waals surface area contributed by atoms with Crippen molar-refractivity contribution < 1.29 is 22.7 Å². The molecule has 2 rings (SSSR count). The van der Waals surface area contributed by atoms with E-state index in [9.17, 15) is 18.0 Å². The van der Waals surface area contributed by atoms with Crippen molar-refractivity contribution in [1.29, 1.82) is 0 Å². The molecule has 174 valence electrons. The van der Waals surface area contributed by atoms with Crippen LogP contribution < -0.4 is 5.73 Å². The molecule has 0 aliphatic rings. The number of carbonyl (C=O) groups is 1. The van der Waals surface area contributed by atoms with Crippen LogP contribution in [0.3, 0.4) is 0 Å². The lowest BCUT2D eigenvalue weighted by atomic mass is 10.2. The number of hydrogen-bond acceptors (Lipinski definition) is 7. The van der Waals surface area contributed by atoms with Crippen molar-refractivity contribution in [2.45, 2.75) is 18.0 Å². The summed E-state index contributed by atoms with van der Waals surface area (Å²) in [6, 6.07) is 11.4. The summed E-state index contributed by atoms with van der Waals surface area (Å²) in [5.41, 5.74) is 4.87. The molecule has 2 aromatic rings. The van der Waals surface area contributed by atoms with Gasteiger partial charge in [-0.25, -0.2) is 0 Å². The van der Waals surface area contributed by atoms with E-state index in [0.29, 0.717) is 11.4 Å². The molecule has 0 radical (unpaired) electrons. The first-order chi connectivity index (χ1) is 15.1. The highest BCUT2D eigenvalue weighted by Crippen LogP contribution is 2.32. The highest BCUT2D eigenvalue weighted by molar-refractivity contribution is 7.99. The van der Waals surface area contributed by atoms with E-state index in [1.165, 1.54) is 11.3 Å². The van der Waals surface area contributed by atoms with E-state index in [0.717, 1.165) is 27.2 Å². The van der Waals surface area contributed by atoms with Crippen molar-refractivity contribution in [3.8, 4) is 10.4 Å². The Morgan fingerprint density at radius 1 is 1.28 bits per heavy atom. The Hall–Kier alpha value is -2.30. The van der Waals surface area contributed by atoms with Crippen molar-refractivity contribution in [3.05, 3.63) is 53.0 Å². The lowest BCUT2D eigenvalue weighted by molar-refractivity contribution is -0.142. The van der Waals surface area contributed by atoms with E-state index in [2.05, 4.69) is 11.9 Å². The first kappa shape index (κ1) is 26.0. The third-order valence-electron chi connectivity index (χ3n) is 4.09. The molecule has 0 saturated carbocycles. The molecule has 1 aromatic carbocycles. The molecule has 0 atom stereocenters. The molecule has 0 spiro atoms. The van der Waals surface area contributed by atoms with Crippen molar-refractivity contribution >= 4 is 34.8 Å². The van der Waals surface area contributed by atoms with Gasteiger partial charge in [-0.05, 0) is 55.8 Å². The van der Waals surface area contributed by atoms with Gasteiger partial charge in [-0.15, -0.1) is 23.1 Å². The standard InChI is InChI=1S/C22H26F3N3O2S2/c1-4-31-16-7-5-6-15(12-16)18-8-9-19(32-18)17(13-20(26)22(23,24)25)27-14-21(29)30-11-10-28(2)3/h5-9,12-13H,4,10-11,14,26H2,1-3H3/b20-13-,27-17?. The van der Waals surface area contributed by atoms with Crippen LogP contribution in [0.5, 0.6) is 0 Å². The van der Waals surface area contributed by atoms with Gasteiger partial charge in [0.05, 0.1) is 10.6 Å². The summed E-state index contributed by atoms with van der Waals surface area (Å²) in [5.74, 6) is 0.312. The largest absolute Gasteiger partial charge is 0.463 e. The Morgan fingerprint density at radius 2 is 2.03 bits per heavy atom. The van der Waals surface area contributed by atoms with Gasteiger partial charge in [0.1, 0.15) is 18.8 Å². The summed E-state index contributed by atoms with van der Waals surface area (Å²) in [6.45, 7) is 2.37. The minimum absolute atomic E-state index is 0.0141. The molecule has 0 bridgehead atoms. The second-order valence-electron chi connectivity index (χ2n) is 6.95. The Bertz CT molecular complexity index is 969. The number of halogens is 3. The Balaban J connectivity index is 2.28. The van der Waals surface area contributed by atoms with E-state index in [1.807, 2.05) is 49.3 Å². The molecule has 0 aliphatic heterocycles. The van der Waals surface area contributed by atoms with Crippen LogP contribution in [0.15, 0.2) is 58.1 Å². The van der Waals surface area contributed by atoms with Gasteiger partial charge in [-0.2, -0.15) is 13.2 Å². The summed E-state index contributed by atoms with van der Waals surface area (Å²) in [4.78, 5) is 20.3. The quantitative estimate of drug-likeness (QED) is 0.297. The molecule has 0 amide bonds. The summed E-state index contributed by atoms with van der Waals surface area (Å²) in [5, 5.41) is 0. The number of alkyl halides is 3. The molecule has 0 fully saturated rings. The van der Waals surface area contributed by atoms with E-state index < -0.39 is 24.4 Å². The molecular weight excluding hydrogens is 459 g/mol.